The quantitative estimate of drug-likeness (QED) is 0.314. The standard InChI is InChI=1S/C4H9N3/c1-2-3(5)4(6)7/h2H,5H2,1H3,(H3,6,7)/b3-2-. The van der Waals surface area contributed by atoms with Crippen molar-refractivity contribution in [2.75, 3.05) is 0 Å². The van der Waals surface area contributed by atoms with E-state index < -0.39 is 0 Å². The smallest absolute Gasteiger partial charge is 0.138 e. The van der Waals surface area contributed by atoms with Gasteiger partial charge in [-0.05, 0) is 6.92 Å². The van der Waals surface area contributed by atoms with Crippen LogP contribution in [0.25, 0.3) is 0 Å². The van der Waals surface area contributed by atoms with Gasteiger partial charge in [-0.15, -0.1) is 0 Å². The molecule has 40 valence electrons. The van der Waals surface area contributed by atoms with E-state index in [2.05, 4.69) is 0 Å². The number of amidine groups is 1. The predicted molar refractivity (Wildman–Crippen MR) is 29.9 cm³/mol. The molecular weight excluding hydrogens is 90.1 g/mol. The van der Waals surface area contributed by atoms with E-state index in [-0.39, 0.29) is 5.84 Å². The van der Waals surface area contributed by atoms with Crippen LogP contribution < -0.4 is 11.5 Å². The average molecular weight is 99.1 g/mol. The molecule has 0 unspecified atom stereocenters. The van der Waals surface area contributed by atoms with Gasteiger partial charge in [-0.2, -0.15) is 0 Å². The van der Waals surface area contributed by atoms with Crippen LogP contribution in [0.5, 0.6) is 0 Å². The lowest BCUT2D eigenvalue weighted by Gasteiger charge is -1.90. The zero-order valence-electron chi connectivity index (χ0n) is 4.23. The SMILES string of the molecule is C/C=C(\N)C(=N)N. The Morgan fingerprint density at radius 3 is 2.00 bits per heavy atom. The topological polar surface area (TPSA) is 75.9 Å². The summed E-state index contributed by atoms with van der Waals surface area (Å²) in [5.74, 6) is -0.0671. The monoisotopic (exact) mass is 99.1 g/mol. The molecule has 5 N–H and O–H groups in total. The summed E-state index contributed by atoms with van der Waals surface area (Å²) in [5, 5.41) is 6.68. The number of hydrogen-bond acceptors (Lipinski definition) is 2. The van der Waals surface area contributed by atoms with E-state index in [1.165, 1.54) is 0 Å². The van der Waals surface area contributed by atoms with Crippen molar-refractivity contribution in [1.29, 1.82) is 5.41 Å². The minimum atomic E-state index is -0.0671. The molecule has 7 heavy (non-hydrogen) atoms. The Bertz CT molecular complexity index is 104. The summed E-state index contributed by atoms with van der Waals surface area (Å²) in [6.07, 6.45) is 1.59. The lowest BCUT2D eigenvalue weighted by atomic mass is 10.4. The van der Waals surface area contributed by atoms with Crippen molar-refractivity contribution in [1.82, 2.24) is 0 Å². The van der Waals surface area contributed by atoms with Gasteiger partial charge >= 0.3 is 0 Å². The first-order valence-corrected chi connectivity index (χ1v) is 1.94. The Balaban J connectivity index is 3.82. The highest BCUT2D eigenvalue weighted by atomic mass is 14.8. The first-order chi connectivity index (χ1) is 3.18. The molecule has 0 aliphatic carbocycles. The Kier molecular flexibility index (Phi) is 1.91. The normalized spacial score (nSPS) is 11.3. The molecule has 0 atom stereocenters. The van der Waals surface area contributed by atoms with Gasteiger partial charge < -0.3 is 11.5 Å². The zero-order valence-corrected chi connectivity index (χ0v) is 4.23. The van der Waals surface area contributed by atoms with E-state index in [1.807, 2.05) is 0 Å². The third-order valence-corrected chi connectivity index (χ3v) is 0.622. The lowest BCUT2D eigenvalue weighted by molar-refractivity contribution is 1.34. The van der Waals surface area contributed by atoms with Crippen LogP contribution in [0.2, 0.25) is 0 Å². The van der Waals surface area contributed by atoms with Crippen molar-refractivity contribution in [3.63, 3.8) is 0 Å². The van der Waals surface area contributed by atoms with Crippen molar-refractivity contribution >= 4 is 5.84 Å². The maximum absolute atomic E-state index is 6.68. The van der Waals surface area contributed by atoms with Gasteiger partial charge in [0.25, 0.3) is 0 Å². The average Bonchev–Trinajstić information content (AvgIpc) is 1.65. The highest BCUT2D eigenvalue weighted by Crippen LogP contribution is 1.76. The van der Waals surface area contributed by atoms with E-state index in [9.17, 15) is 0 Å². The molecule has 3 heteroatoms. The number of rotatable bonds is 1. The summed E-state index contributed by atoms with van der Waals surface area (Å²) < 4.78 is 0. The van der Waals surface area contributed by atoms with Gasteiger partial charge in [-0.25, -0.2) is 0 Å². The molecule has 0 saturated heterocycles. The van der Waals surface area contributed by atoms with E-state index in [1.54, 1.807) is 13.0 Å². The van der Waals surface area contributed by atoms with E-state index in [0.29, 0.717) is 5.70 Å². The highest BCUT2D eigenvalue weighted by molar-refractivity contribution is 5.93. The zero-order chi connectivity index (χ0) is 5.86. The molecule has 0 aliphatic rings. The van der Waals surface area contributed by atoms with Crippen LogP contribution in [0.1, 0.15) is 6.92 Å². The summed E-state index contributed by atoms with van der Waals surface area (Å²) >= 11 is 0. The van der Waals surface area contributed by atoms with Crippen LogP contribution in [0.4, 0.5) is 0 Å². The molecule has 0 bridgehead atoms. The predicted octanol–water partition coefficient (Wildman–Crippen LogP) is -0.215. The van der Waals surface area contributed by atoms with E-state index >= 15 is 0 Å². The summed E-state index contributed by atoms with van der Waals surface area (Å²) in [5.41, 5.74) is 10.4. The number of nitrogens with one attached hydrogen (secondary N) is 1. The third kappa shape index (κ3) is 1.81. The number of nitrogens with two attached hydrogens (primary N) is 2. The van der Waals surface area contributed by atoms with Gasteiger partial charge in [0.15, 0.2) is 0 Å². The highest BCUT2D eigenvalue weighted by Gasteiger charge is 1.85. The lowest BCUT2D eigenvalue weighted by Crippen LogP contribution is -2.18. The molecule has 0 spiro atoms. The fourth-order valence-electron chi connectivity index (χ4n) is 0.156. The van der Waals surface area contributed by atoms with Crippen LogP contribution >= 0.6 is 0 Å². The molecule has 0 fully saturated rings. The second kappa shape index (κ2) is 2.23. The number of allylic oxidation sites excluding steroid dienone is 1. The minimum Gasteiger partial charge on any atom is -0.396 e. The van der Waals surface area contributed by atoms with Crippen LogP contribution in [0, 0.1) is 5.41 Å². The van der Waals surface area contributed by atoms with Crippen molar-refractivity contribution in [3.05, 3.63) is 11.8 Å². The van der Waals surface area contributed by atoms with Crippen molar-refractivity contribution in [2.45, 2.75) is 6.92 Å². The molecule has 0 aromatic carbocycles. The van der Waals surface area contributed by atoms with Gasteiger partial charge in [0.05, 0.1) is 5.70 Å². The van der Waals surface area contributed by atoms with Crippen LogP contribution in [-0.2, 0) is 0 Å². The maximum Gasteiger partial charge on any atom is 0.138 e. The van der Waals surface area contributed by atoms with Crippen LogP contribution in [0.3, 0.4) is 0 Å². The molecule has 0 rings (SSSR count). The first-order valence-electron chi connectivity index (χ1n) is 1.94. The fraction of sp³-hybridized carbons (Fsp3) is 0.250. The molecule has 3 nitrogen and oxygen atoms in total. The molecule has 0 heterocycles. The molecule has 0 aliphatic heterocycles. The van der Waals surface area contributed by atoms with Gasteiger partial charge in [-0.3, -0.25) is 5.41 Å². The van der Waals surface area contributed by atoms with Crippen molar-refractivity contribution < 1.29 is 0 Å². The van der Waals surface area contributed by atoms with E-state index in [4.69, 9.17) is 16.9 Å². The molecule has 0 radical (unpaired) electrons. The molecular formula is C4H9N3. The maximum atomic E-state index is 6.68. The Labute approximate surface area is 42.5 Å². The summed E-state index contributed by atoms with van der Waals surface area (Å²) in [6, 6.07) is 0. The van der Waals surface area contributed by atoms with Crippen molar-refractivity contribution in [2.24, 2.45) is 11.5 Å². The number of hydrogen-bond donors (Lipinski definition) is 3. The summed E-state index contributed by atoms with van der Waals surface area (Å²) in [7, 11) is 0. The van der Waals surface area contributed by atoms with Crippen molar-refractivity contribution in [3.8, 4) is 0 Å². The first kappa shape index (κ1) is 6.01. The van der Waals surface area contributed by atoms with E-state index in [0.717, 1.165) is 0 Å². The molecule has 0 aromatic rings. The minimum absolute atomic E-state index is 0.0671. The largest absolute Gasteiger partial charge is 0.396 e. The van der Waals surface area contributed by atoms with Crippen LogP contribution in [-0.4, -0.2) is 5.84 Å². The van der Waals surface area contributed by atoms with Gasteiger partial charge in [0.1, 0.15) is 5.84 Å². The van der Waals surface area contributed by atoms with Gasteiger partial charge in [-0.1, -0.05) is 6.08 Å². The second-order valence-corrected chi connectivity index (χ2v) is 1.16. The van der Waals surface area contributed by atoms with Crippen LogP contribution in [0.15, 0.2) is 11.8 Å². The molecule has 0 amide bonds. The Morgan fingerprint density at radius 2 is 2.00 bits per heavy atom. The molecule has 0 aromatic heterocycles. The van der Waals surface area contributed by atoms with Gasteiger partial charge in [0, 0.05) is 0 Å². The fourth-order valence-corrected chi connectivity index (χ4v) is 0.156. The van der Waals surface area contributed by atoms with Gasteiger partial charge in [0.2, 0.25) is 0 Å². The summed E-state index contributed by atoms with van der Waals surface area (Å²) in [4.78, 5) is 0. The second-order valence-electron chi connectivity index (χ2n) is 1.16. The third-order valence-electron chi connectivity index (χ3n) is 0.622. The molecule has 0 saturated carbocycles. The summed E-state index contributed by atoms with van der Waals surface area (Å²) in [6.45, 7) is 1.73. The Morgan fingerprint density at radius 1 is 1.57 bits per heavy atom. The Hall–Kier alpha value is -0.990.